The van der Waals surface area contributed by atoms with Crippen LogP contribution in [0, 0.1) is 13.8 Å². The Balaban J connectivity index is 3.08. The molecule has 1 nitrogen and oxygen atoms in total. The molecule has 0 bridgehead atoms. The van der Waals surface area contributed by atoms with Gasteiger partial charge < -0.3 is 5.73 Å². The molecule has 0 saturated carbocycles. The highest BCUT2D eigenvalue weighted by Crippen LogP contribution is 2.22. The van der Waals surface area contributed by atoms with Crippen LogP contribution < -0.4 is 5.73 Å². The Hall–Kier alpha value is -0.340. The summed E-state index contributed by atoms with van der Waals surface area (Å²) >= 11 is 3.50. The fraction of sp³-hybridized carbons (Fsp3) is 0.400. The number of halogens is 1. The van der Waals surface area contributed by atoms with Crippen molar-refractivity contribution in [2.75, 3.05) is 6.54 Å². The zero-order valence-electron chi connectivity index (χ0n) is 7.52. The molecule has 0 fully saturated rings. The summed E-state index contributed by atoms with van der Waals surface area (Å²) < 4.78 is 1.18. The van der Waals surface area contributed by atoms with Crippen molar-refractivity contribution in [3.05, 3.63) is 33.3 Å². The predicted octanol–water partition coefficient (Wildman–Crippen LogP) is 2.57. The quantitative estimate of drug-likeness (QED) is 0.827. The first kappa shape index (κ1) is 9.75. The van der Waals surface area contributed by atoms with Gasteiger partial charge in [-0.3, -0.25) is 0 Å². The number of rotatable bonds is 2. The minimum atomic E-state index is 0.724. The summed E-state index contributed by atoms with van der Waals surface area (Å²) in [6, 6.07) is 4.23. The molecule has 0 heterocycles. The summed E-state index contributed by atoms with van der Waals surface area (Å²) in [6.07, 6.45) is 0.972. The molecule has 2 heteroatoms. The van der Waals surface area contributed by atoms with E-state index in [9.17, 15) is 0 Å². The second-order valence-corrected chi connectivity index (χ2v) is 3.85. The average Bonchev–Trinajstić information content (AvgIpc) is 2.07. The first-order valence-corrected chi connectivity index (χ1v) is 4.90. The molecule has 0 radical (unpaired) electrons. The van der Waals surface area contributed by atoms with Crippen LogP contribution in [0.1, 0.15) is 16.7 Å². The Morgan fingerprint density at radius 1 is 1.25 bits per heavy atom. The maximum Gasteiger partial charge on any atom is 0.0207 e. The number of hydrogen-bond donors (Lipinski definition) is 1. The first-order chi connectivity index (χ1) is 5.66. The Bertz CT molecular complexity index is 281. The van der Waals surface area contributed by atoms with Crippen molar-refractivity contribution in [3.63, 3.8) is 0 Å². The summed E-state index contributed by atoms with van der Waals surface area (Å²) in [6.45, 7) is 4.99. The second kappa shape index (κ2) is 4.06. The number of hydrogen-bond acceptors (Lipinski definition) is 1. The minimum absolute atomic E-state index is 0.724. The fourth-order valence-electron chi connectivity index (χ4n) is 1.27. The third kappa shape index (κ3) is 1.87. The molecule has 0 aromatic heterocycles. The first-order valence-electron chi connectivity index (χ1n) is 4.11. The van der Waals surface area contributed by atoms with Crippen LogP contribution in [0.4, 0.5) is 0 Å². The number of nitrogens with two attached hydrogens (primary N) is 1. The molecule has 0 aliphatic carbocycles. The van der Waals surface area contributed by atoms with Crippen LogP contribution in [0.3, 0.4) is 0 Å². The zero-order valence-corrected chi connectivity index (χ0v) is 9.11. The van der Waals surface area contributed by atoms with Gasteiger partial charge in [-0.2, -0.15) is 0 Å². The maximum absolute atomic E-state index is 5.51. The Kier molecular flexibility index (Phi) is 3.29. The van der Waals surface area contributed by atoms with Gasteiger partial charge in [0.05, 0.1) is 0 Å². The summed E-state index contributed by atoms with van der Waals surface area (Å²) in [5.41, 5.74) is 9.54. The summed E-state index contributed by atoms with van der Waals surface area (Å²) in [5.74, 6) is 0. The van der Waals surface area contributed by atoms with E-state index in [4.69, 9.17) is 5.73 Å². The Morgan fingerprint density at radius 3 is 2.50 bits per heavy atom. The highest BCUT2D eigenvalue weighted by Gasteiger charge is 2.02. The SMILES string of the molecule is Cc1c(Br)ccc(CCN)c1C. The highest BCUT2D eigenvalue weighted by atomic mass is 79.9. The molecule has 1 aromatic carbocycles. The van der Waals surface area contributed by atoms with E-state index in [0.717, 1.165) is 13.0 Å². The molecule has 66 valence electrons. The summed E-state index contributed by atoms with van der Waals surface area (Å²) in [5, 5.41) is 0. The maximum atomic E-state index is 5.51. The van der Waals surface area contributed by atoms with Crippen LogP contribution in [0.2, 0.25) is 0 Å². The van der Waals surface area contributed by atoms with E-state index in [1.807, 2.05) is 0 Å². The highest BCUT2D eigenvalue weighted by molar-refractivity contribution is 9.10. The van der Waals surface area contributed by atoms with E-state index in [1.165, 1.54) is 21.2 Å². The summed E-state index contributed by atoms with van der Waals surface area (Å²) in [7, 11) is 0. The molecule has 12 heavy (non-hydrogen) atoms. The monoisotopic (exact) mass is 227 g/mol. The van der Waals surface area contributed by atoms with Gasteiger partial charge in [0.15, 0.2) is 0 Å². The molecule has 0 spiro atoms. The van der Waals surface area contributed by atoms with E-state index in [2.05, 4.69) is 41.9 Å². The molecule has 0 amide bonds. The molecule has 1 rings (SSSR count). The van der Waals surface area contributed by atoms with Crippen LogP contribution >= 0.6 is 15.9 Å². The third-order valence-corrected chi connectivity index (χ3v) is 3.11. The van der Waals surface area contributed by atoms with E-state index in [1.54, 1.807) is 0 Å². The van der Waals surface area contributed by atoms with E-state index < -0.39 is 0 Å². The van der Waals surface area contributed by atoms with Crippen molar-refractivity contribution in [1.82, 2.24) is 0 Å². The summed E-state index contributed by atoms with van der Waals surface area (Å²) in [4.78, 5) is 0. The van der Waals surface area contributed by atoms with Crippen LogP contribution in [0.5, 0.6) is 0 Å². The zero-order chi connectivity index (χ0) is 9.14. The van der Waals surface area contributed by atoms with Crippen LogP contribution in [-0.4, -0.2) is 6.54 Å². The molecular weight excluding hydrogens is 214 g/mol. The van der Waals surface area contributed by atoms with Gasteiger partial charge in [0, 0.05) is 4.47 Å². The van der Waals surface area contributed by atoms with Gasteiger partial charge in [0.2, 0.25) is 0 Å². The molecular formula is C10H14BrN. The van der Waals surface area contributed by atoms with Crippen LogP contribution in [0.15, 0.2) is 16.6 Å². The van der Waals surface area contributed by atoms with Crippen LogP contribution in [0.25, 0.3) is 0 Å². The molecule has 0 aliphatic rings. The minimum Gasteiger partial charge on any atom is -0.330 e. The van der Waals surface area contributed by atoms with Gasteiger partial charge in [-0.05, 0) is 49.6 Å². The van der Waals surface area contributed by atoms with Gasteiger partial charge in [-0.25, -0.2) is 0 Å². The molecule has 0 saturated heterocycles. The van der Waals surface area contributed by atoms with Gasteiger partial charge in [0.25, 0.3) is 0 Å². The van der Waals surface area contributed by atoms with Gasteiger partial charge >= 0.3 is 0 Å². The lowest BCUT2D eigenvalue weighted by molar-refractivity contribution is 0.953. The number of benzene rings is 1. The largest absolute Gasteiger partial charge is 0.330 e. The lowest BCUT2D eigenvalue weighted by Crippen LogP contribution is -2.04. The molecule has 2 N–H and O–H groups in total. The normalized spacial score (nSPS) is 10.3. The van der Waals surface area contributed by atoms with Crippen molar-refractivity contribution >= 4 is 15.9 Å². The van der Waals surface area contributed by atoms with Crippen molar-refractivity contribution in [3.8, 4) is 0 Å². The van der Waals surface area contributed by atoms with E-state index in [0.29, 0.717) is 0 Å². The van der Waals surface area contributed by atoms with Crippen molar-refractivity contribution in [1.29, 1.82) is 0 Å². The fourth-order valence-corrected chi connectivity index (χ4v) is 1.70. The molecule has 0 unspecified atom stereocenters. The lowest BCUT2D eigenvalue weighted by Gasteiger charge is -2.08. The van der Waals surface area contributed by atoms with Gasteiger partial charge in [-0.1, -0.05) is 22.0 Å². The predicted molar refractivity (Wildman–Crippen MR) is 56.4 cm³/mol. The van der Waals surface area contributed by atoms with Crippen molar-refractivity contribution in [2.24, 2.45) is 5.73 Å². The van der Waals surface area contributed by atoms with Crippen molar-refractivity contribution < 1.29 is 0 Å². The van der Waals surface area contributed by atoms with E-state index in [-0.39, 0.29) is 0 Å². The second-order valence-electron chi connectivity index (χ2n) is 3.00. The topological polar surface area (TPSA) is 26.0 Å². The van der Waals surface area contributed by atoms with E-state index >= 15 is 0 Å². The van der Waals surface area contributed by atoms with Gasteiger partial charge in [-0.15, -0.1) is 0 Å². The molecule has 0 atom stereocenters. The standard InChI is InChI=1S/C10H14BrN/c1-7-8(2)10(11)4-3-9(7)5-6-12/h3-4H,5-6,12H2,1-2H3. The Labute approximate surface area is 82.1 Å². The average molecular weight is 228 g/mol. The third-order valence-electron chi connectivity index (χ3n) is 2.25. The van der Waals surface area contributed by atoms with Crippen molar-refractivity contribution in [2.45, 2.75) is 20.3 Å². The smallest absolute Gasteiger partial charge is 0.0207 e. The molecule has 1 aromatic rings. The molecule has 0 aliphatic heterocycles. The Morgan fingerprint density at radius 2 is 1.92 bits per heavy atom. The lowest BCUT2D eigenvalue weighted by atomic mass is 10.0. The van der Waals surface area contributed by atoms with Gasteiger partial charge in [0.1, 0.15) is 0 Å². The van der Waals surface area contributed by atoms with Crippen LogP contribution in [-0.2, 0) is 6.42 Å².